The highest BCUT2D eigenvalue weighted by Crippen LogP contribution is 2.46. The number of fused-ring (bicyclic) bond motifs is 2. The van der Waals surface area contributed by atoms with Gasteiger partial charge in [0.1, 0.15) is 5.82 Å². The standard InChI is InChI=1S/C27H26ClFN4O/c28-21-7-5-20(6-8-21)3-2-16-32(23-4-1-13-31-18-23)26(34)33-19-27(11-14-30-15-12-27)24-17-22(29)9-10-25(24)33/h1-10,13,17-18,30H,11-12,14-16,19H2. The minimum absolute atomic E-state index is 0.142. The highest BCUT2D eigenvalue weighted by atomic mass is 35.5. The number of anilines is 2. The van der Waals surface area contributed by atoms with Gasteiger partial charge >= 0.3 is 6.03 Å². The minimum atomic E-state index is -0.263. The predicted octanol–water partition coefficient (Wildman–Crippen LogP) is 5.66. The molecule has 1 spiro atoms. The molecule has 5 rings (SSSR count). The molecule has 1 saturated heterocycles. The van der Waals surface area contributed by atoms with E-state index in [9.17, 15) is 9.18 Å². The Kier molecular flexibility index (Phi) is 6.35. The molecule has 0 aliphatic carbocycles. The molecule has 1 N–H and O–H groups in total. The van der Waals surface area contributed by atoms with Crippen molar-refractivity contribution in [1.29, 1.82) is 0 Å². The molecular formula is C27H26ClFN4O. The molecule has 3 heterocycles. The summed E-state index contributed by atoms with van der Waals surface area (Å²) < 4.78 is 14.2. The van der Waals surface area contributed by atoms with Crippen LogP contribution >= 0.6 is 11.6 Å². The van der Waals surface area contributed by atoms with E-state index in [4.69, 9.17) is 11.6 Å². The number of hydrogen-bond donors (Lipinski definition) is 1. The number of carbonyl (C=O) groups is 1. The second kappa shape index (κ2) is 9.57. The predicted molar refractivity (Wildman–Crippen MR) is 135 cm³/mol. The Morgan fingerprint density at radius 2 is 1.97 bits per heavy atom. The van der Waals surface area contributed by atoms with Crippen LogP contribution in [0.3, 0.4) is 0 Å². The normalized spacial score (nSPS) is 16.7. The van der Waals surface area contributed by atoms with Crippen LogP contribution in [0.25, 0.3) is 6.08 Å². The highest BCUT2D eigenvalue weighted by Gasteiger charge is 2.46. The monoisotopic (exact) mass is 476 g/mol. The van der Waals surface area contributed by atoms with Crippen molar-refractivity contribution in [3.05, 3.63) is 95.0 Å². The lowest BCUT2D eigenvalue weighted by Crippen LogP contribution is -2.48. The summed E-state index contributed by atoms with van der Waals surface area (Å²) in [6, 6.07) is 15.9. The largest absolute Gasteiger partial charge is 0.329 e. The van der Waals surface area contributed by atoms with Gasteiger partial charge in [-0.3, -0.25) is 14.8 Å². The first kappa shape index (κ1) is 22.6. The molecule has 7 heteroatoms. The van der Waals surface area contributed by atoms with Gasteiger partial charge in [0.15, 0.2) is 0 Å². The number of carbonyl (C=O) groups excluding carboxylic acids is 1. The van der Waals surface area contributed by atoms with Gasteiger partial charge in [0.25, 0.3) is 0 Å². The van der Waals surface area contributed by atoms with Gasteiger partial charge in [0.05, 0.1) is 11.9 Å². The summed E-state index contributed by atoms with van der Waals surface area (Å²) >= 11 is 5.99. The summed E-state index contributed by atoms with van der Waals surface area (Å²) in [5, 5.41) is 4.07. The Morgan fingerprint density at radius 1 is 1.18 bits per heavy atom. The fourth-order valence-corrected chi connectivity index (χ4v) is 5.09. The second-order valence-corrected chi connectivity index (χ2v) is 9.27. The zero-order chi connectivity index (χ0) is 23.5. The van der Waals surface area contributed by atoms with Gasteiger partial charge in [-0.2, -0.15) is 0 Å². The number of aromatic nitrogens is 1. The molecule has 174 valence electrons. The van der Waals surface area contributed by atoms with E-state index < -0.39 is 0 Å². The maximum Gasteiger partial charge on any atom is 0.329 e. The third kappa shape index (κ3) is 4.43. The SMILES string of the molecule is O=C(N(CC=Cc1ccc(Cl)cc1)c1cccnc1)N1CC2(CCNCC2)c2cc(F)ccc21. The van der Waals surface area contributed by atoms with Gasteiger partial charge in [-0.15, -0.1) is 0 Å². The molecule has 0 saturated carbocycles. The zero-order valence-corrected chi connectivity index (χ0v) is 19.5. The molecule has 34 heavy (non-hydrogen) atoms. The number of nitrogens with zero attached hydrogens (tertiary/aromatic N) is 3. The third-order valence-corrected chi connectivity index (χ3v) is 6.98. The van der Waals surface area contributed by atoms with E-state index in [0.717, 1.165) is 42.7 Å². The summed E-state index contributed by atoms with van der Waals surface area (Å²) in [7, 11) is 0. The summed E-state index contributed by atoms with van der Waals surface area (Å²) in [4.78, 5) is 21.7. The van der Waals surface area contributed by atoms with E-state index in [1.165, 1.54) is 6.07 Å². The molecule has 2 aromatic carbocycles. The van der Waals surface area contributed by atoms with Crippen LogP contribution in [-0.2, 0) is 5.41 Å². The summed E-state index contributed by atoms with van der Waals surface area (Å²) in [5.74, 6) is -0.263. The smallest absolute Gasteiger partial charge is 0.317 e. The van der Waals surface area contributed by atoms with Crippen LogP contribution < -0.4 is 15.1 Å². The lowest BCUT2D eigenvalue weighted by Gasteiger charge is -2.35. The van der Waals surface area contributed by atoms with Gasteiger partial charge < -0.3 is 5.32 Å². The van der Waals surface area contributed by atoms with Gasteiger partial charge in [-0.1, -0.05) is 35.9 Å². The van der Waals surface area contributed by atoms with Gasteiger partial charge in [0, 0.05) is 35.4 Å². The number of pyridine rings is 1. The van der Waals surface area contributed by atoms with E-state index in [-0.39, 0.29) is 17.3 Å². The fraction of sp³-hybridized carbons (Fsp3) is 0.259. The van der Waals surface area contributed by atoms with Gasteiger partial charge in [-0.05, 0) is 79.5 Å². The summed E-state index contributed by atoms with van der Waals surface area (Å²) in [6.45, 7) is 2.63. The van der Waals surface area contributed by atoms with E-state index >= 15 is 0 Å². The Bertz CT molecular complexity index is 1190. The van der Waals surface area contributed by atoms with E-state index in [0.29, 0.717) is 23.8 Å². The first-order chi connectivity index (χ1) is 16.6. The molecular weight excluding hydrogens is 451 g/mol. The molecule has 1 aromatic heterocycles. The maximum absolute atomic E-state index is 14.2. The average molecular weight is 477 g/mol. The Labute approximate surface area is 203 Å². The molecule has 1 fully saturated rings. The lowest BCUT2D eigenvalue weighted by atomic mass is 9.75. The van der Waals surface area contributed by atoms with Crippen molar-refractivity contribution in [3.63, 3.8) is 0 Å². The number of nitrogens with one attached hydrogen (secondary N) is 1. The number of benzene rings is 2. The van der Waals surface area contributed by atoms with Crippen LogP contribution in [0.1, 0.15) is 24.0 Å². The minimum Gasteiger partial charge on any atom is -0.317 e. The molecule has 5 nitrogen and oxygen atoms in total. The molecule has 2 amide bonds. The molecule has 3 aromatic rings. The quantitative estimate of drug-likeness (QED) is 0.529. The van der Waals surface area contributed by atoms with Crippen molar-refractivity contribution in [2.24, 2.45) is 0 Å². The first-order valence-electron chi connectivity index (χ1n) is 11.5. The Morgan fingerprint density at radius 3 is 2.71 bits per heavy atom. The number of rotatable bonds is 4. The van der Waals surface area contributed by atoms with E-state index in [1.54, 1.807) is 29.4 Å². The summed E-state index contributed by atoms with van der Waals surface area (Å²) in [5.41, 5.74) is 3.22. The average Bonchev–Trinajstić information content (AvgIpc) is 3.16. The number of amides is 2. The molecule has 0 radical (unpaired) electrons. The molecule has 2 aliphatic heterocycles. The van der Waals surface area contributed by atoms with Crippen molar-refractivity contribution < 1.29 is 9.18 Å². The lowest BCUT2D eigenvalue weighted by molar-refractivity contribution is 0.249. The maximum atomic E-state index is 14.2. The van der Waals surface area contributed by atoms with Crippen molar-refractivity contribution in [2.45, 2.75) is 18.3 Å². The van der Waals surface area contributed by atoms with E-state index in [1.807, 2.05) is 53.5 Å². The number of halogens is 2. The molecule has 0 bridgehead atoms. The van der Waals surface area contributed by atoms with Gasteiger partial charge in [-0.25, -0.2) is 9.18 Å². The summed E-state index contributed by atoms with van der Waals surface area (Å²) in [6.07, 6.45) is 9.04. The highest BCUT2D eigenvalue weighted by molar-refractivity contribution is 6.30. The van der Waals surface area contributed by atoms with Crippen molar-refractivity contribution in [2.75, 3.05) is 36.0 Å². The number of piperidine rings is 1. The molecule has 0 unspecified atom stereocenters. The van der Waals surface area contributed by atoms with Crippen molar-refractivity contribution in [1.82, 2.24) is 10.3 Å². The molecule has 2 aliphatic rings. The first-order valence-corrected chi connectivity index (χ1v) is 11.9. The van der Waals surface area contributed by atoms with Crippen LogP contribution in [0.5, 0.6) is 0 Å². The van der Waals surface area contributed by atoms with Crippen LogP contribution in [0.2, 0.25) is 5.02 Å². The van der Waals surface area contributed by atoms with Gasteiger partial charge in [0.2, 0.25) is 0 Å². The Hall–Kier alpha value is -3.22. The van der Waals surface area contributed by atoms with Crippen molar-refractivity contribution in [3.8, 4) is 0 Å². The van der Waals surface area contributed by atoms with Crippen molar-refractivity contribution >= 4 is 35.1 Å². The van der Waals surface area contributed by atoms with Crippen LogP contribution in [-0.4, -0.2) is 37.2 Å². The number of hydrogen-bond acceptors (Lipinski definition) is 3. The number of urea groups is 1. The zero-order valence-electron chi connectivity index (χ0n) is 18.8. The second-order valence-electron chi connectivity index (χ2n) is 8.84. The van der Waals surface area contributed by atoms with Crippen LogP contribution in [0.4, 0.5) is 20.6 Å². The third-order valence-electron chi connectivity index (χ3n) is 6.73. The van der Waals surface area contributed by atoms with E-state index in [2.05, 4.69) is 10.3 Å². The molecule has 0 atom stereocenters. The Balaban J connectivity index is 1.46. The van der Waals surface area contributed by atoms with Crippen LogP contribution in [0.15, 0.2) is 73.1 Å². The topological polar surface area (TPSA) is 48.5 Å². The van der Waals surface area contributed by atoms with Crippen LogP contribution in [0, 0.1) is 5.82 Å². The fourth-order valence-electron chi connectivity index (χ4n) is 4.97.